The van der Waals surface area contributed by atoms with Crippen molar-refractivity contribution in [2.75, 3.05) is 23.7 Å². The Balaban J connectivity index is 1.27. The first-order chi connectivity index (χ1) is 18.9. The third kappa shape index (κ3) is 4.79. The van der Waals surface area contributed by atoms with E-state index in [9.17, 15) is 26.3 Å². The Kier molecular flexibility index (Phi) is 6.50. The van der Waals surface area contributed by atoms with Crippen LogP contribution in [0.4, 0.5) is 37.7 Å². The molecule has 0 spiro atoms. The molecule has 0 aliphatic carbocycles. The van der Waals surface area contributed by atoms with Crippen molar-refractivity contribution in [3.8, 4) is 0 Å². The first-order valence-corrected chi connectivity index (χ1v) is 13.5. The number of piperidine rings is 3. The second-order valence-electron chi connectivity index (χ2n) is 10.7. The number of hydrogen-bond donors (Lipinski definition) is 2. The molecule has 2 aromatic carbocycles. The number of hydrogen-bond acceptors (Lipinski definition) is 4. The molecule has 6 heterocycles. The smallest absolute Gasteiger partial charge is 0.364 e. The van der Waals surface area contributed by atoms with Crippen LogP contribution in [0.2, 0.25) is 0 Å². The topological polar surface area (TPSA) is 49.4 Å². The van der Waals surface area contributed by atoms with Crippen molar-refractivity contribution in [1.82, 2.24) is 9.88 Å². The van der Waals surface area contributed by atoms with Crippen molar-refractivity contribution in [3.05, 3.63) is 65.4 Å². The maximum absolute atomic E-state index is 13.2. The van der Waals surface area contributed by atoms with E-state index in [4.69, 9.17) is 17.0 Å². The summed E-state index contributed by atoms with van der Waals surface area (Å²) in [5.74, 6) is 0.547. The van der Waals surface area contributed by atoms with Gasteiger partial charge in [-0.2, -0.15) is 26.3 Å². The lowest BCUT2D eigenvalue weighted by molar-refractivity contribution is -0.274. The number of nitrogens with one attached hydrogen (secondary N) is 2. The van der Waals surface area contributed by atoms with Gasteiger partial charge in [0.05, 0.1) is 28.3 Å². The summed E-state index contributed by atoms with van der Waals surface area (Å²) >= 11 is 5.25. The maximum atomic E-state index is 13.2. The number of ether oxygens (including phenoxy) is 1. The van der Waals surface area contributed by atoms with Crippen molar-refractivity contribution in [2.45, 2.75) is 56.3 Å². The highest BCUT2D eigenvalue weighted by Gasteiger charge is 2.58. The van der Waals surface area contributed by atoms with Crippen LogP contribution in [0, 0.1) is 5.92 Å². The molecule has 0 radical (unpaired) electrons. The Hall–Kier alpha value is -2.96. The summed E-state index contributed by atoms with van der Waals surface area (Å²) in [6.45, 7) is 4.16. The van der Waals surface area contributed by atoms with Gasteiger partial charge in [0.2, 0.25) is 0 Å². The monoisotopic (exact) mass is 580 g/mol. The van der Waals surface area contributed by atoms with E-state index >= 15 is 0 Å². The van der Waals surface area contributed by atoms with E-state index in [1.54, 1.807) is 18.3 Å². The van der Waals surface area contributed by atoms with Crippen molar-refractivity contribution in [1.29, 1.82) is 0 Å². The van der Waals surface area contributed by atoms with Crippen molar-refractivity contribution >= 4 is 39.6 Å². The molecule has 5 fully saturated rings. The summed E-state index contributed by atoms with van der Waals surface area (Å²) in [7, 11) is 0. The van der Waals surface area contributed by atoms with Crippen LogP contribution >= 0.6 is 12.2 Å². The van der Waals surface area contributed by atoms with Gasteiger partial charge in [-0.05, 0) is 92.0 Å². The predicted molar refractivity (Wildman–Crippen MR) is 143 cm³/mol. The SMILES string of the molecule is CC[C@]12CN3CC[C@@H]1CC3C(c1ccnc3ccc(NC(=S)Nc4cc(C(F)(F)F)cc(C(F)(F)F)c4)cc13)O2. The number of benzene rings is 2. The summed E-state index contributed by atoms with van der Waals surface area (Å²) in [5, 5.41) is 6.04. The Bertz CT molecular complexity index is 1450. The van der Waals surface area contributed by atoms with Gasteiger partial charge in [-0.1, -0.05) is 6.92 Å². The number of alkyl halides is 6. The molecular weight excluding hydrogens is 554 g/mol. The Morgan fingerprint density at radius 3 is 2.35 bits per heavy atom. The molecular formula is C28H26F6N4OS. The van der Waals surface area contributed by atoms with E-state index in [1.165, 1.54) is 0 Å². The van der Waals surface area contributed by atoms with E-state index in [1.807, 2.05) is 12.1 Å². The molecule has 40 heavy (non-hydrogen) atoms. The standard InChI is InChI=1S/C28H26F6N4OS/c1-2-26-14-38-8-6-15(26)12-23(38)24(39-26)20-5-7-35-22-4-3-18(13-21(20)22)36-25(40)37-19-10-16(27(29,30)31)9-17(11-19)28(32,33)34/h3-5,7,9-11,13,15,23-24H,2,6,8,12,14H2,1H3,(H2,36,37,40)/t15-,23?,24?,26+/m1/s1. The lowest BCUT2D eigenvalue weighted by Crippen LogP contribution is -2.70. The normalized spacial score (nSPS) is 27.7. The molecule has 212 valence electrons. The Morgan fingerprint density at radius 2 is 1.73 bits per heavy atom. The zero-order chi connectivity index (χ0) is 28.4. The number of morpholine rings is 1. The van der Waals surface area contributed by atoms with Gasteiger partial charge in [-0.15, -0.1) is 0 Å². The summed E-state index contributed by atoms with van der Waals surface area (Å²) in [4.78, 5) is 7.00. The molecule has 0 amide bonds. The minimum Gasteiger partial charge on any atom is -0.364 e. The van der Waals surface area contributed by atoms with E-state index < -0.39 is 29.2 Å². The molecule has 3 unspecified atom stereocenters. The number of halogens is 6. The van der Waals surface area contributed by atoms with Gasteiger partial charge < -0.3 is 15.4 Å². The van der Waals surface area contributed by atoms with Crippen LogP contribution in [-0.2, 0) is 17.1 Å². The second kappa shape index (κ2) is 9.56. The largest absolute Gasteiger partial charge is 0.416 e. The molecule has 5 saturated heterocycles. The average Bonchev–Trinajstić information content (AvgIpc) is 2.91. The summed E-state index contributed by atoms with van der Waals surface area (Å²) < 4.78 is 86.3. The molecule has 5 aliphatic rings. The predicted octanol–water partition coefficient (Wildman–Crippen LogP) is 7.40. The minimum atomic E-state index is -4.96. The number of nitrogens with zero attached hydrogens (tertiary/aromatic N) is 2. The summed E-state index contributed by atoms with van der Waals surface area (Å²) in [5.41, 5.74) is -1.21. The Morgan fingerprint density at radius 1 is 1.02 bits per heavy atom. The van der Waals surface area contributed by atoms with Gasteiger partial charge in [0.15, 0.2) is 5.11 Å². The molecule has 5 atom stereocenters. The molecule has 5 aliphatic heterocycles. The lowest BCUT2D eigenvalue weighted by atomic mass is 9.66. The van der Waals surface area contributed by atoms with Crippen LogP contribution in [-0.4, -0.2) is 39.7 Å². The van der Waals surface area contributed by atoms with Gasteiger partial charge >= 0.3 is 12.4 Å². The van der Waals surface area contributed by atoms with Crippen LogP contribution in [0.1, 0.15) is 49.0 Å². The summed E-state index contributed by atoms with van der Waals surface area (Å²) in [6.07, 6.45) is -5.15. The third-order valence-electron chi connectivity index (χ3n) is 8.47. The van der Waals surface area contributed by atoms with Gasteiger partial charge in [0.1, 0.15) is 0 Å². The molecule has 5 nitrogen and oxygen atoms in total. The number of fused-ring (bicyclic) bond motifs is 3. The van der Waals surface area contributed by atoms with Crippen molar-refractivity contribution < 1.29 is 31.1 Å². The third-order valence-corrected chi connectivity index (χ3v) is 8.67. The van der Waals surface area contributed by atoms with E-state index in [-0.39, 0.29) is 28.9 Å². The number of aromatic nitrogens is 1. The zero-order valence-electron chi connectivity index (χ0n) is 21.4. The van der Waals surface area contributed by atoms with Gasteiger partial charge in [0.25, 0.3) is 0 Å². The minimum absolute atomic E-state index is 0.0740. The highest BCUT2D eigenvalue weighted by molar-refractivity contribution is 7.80. The summed E-state index contributed by atoms with van der Waals surface area (Å²) in [6, 6.07) is 8.79. The highest BCUT2D eigenvalue weighted by atomic mass is 32.1. The lowest BCUT2D eigenvalue weighted by Gasteiger charge is -2.64. The Labute approximate surface area is 231 Å². The molecule has 1 aromatic heterocycles. The maximum Gasteiger partial charge on any atom is 0.416 e. The van der Waals surface area contributed by atoms with Crippen LogP contribution in [0.5, 0.6) is 0 Å². The van der Waals surface area contributed by atoms with E-state index in [0.717, 1.165) is 48.8 Å². The molecule has 2 N–H and O–H groups in total. The number of rotatable bonds is 4. The highest BCUT2D eigenvalue weighted by Crippen LogP contribution is 2.54. The van der Waals surface area contributed by atoms with Crippen LogP contribution in [0.15, 0.2) is 48.7 Å². The number of anilines is 2. The average molecular weight is 581 g/mol. The molecule has 4 bridgehead atoms. The zero-order valence-corrected chi connectivity index (χ0v) is 22.2. The van der Waals surface area contributed by atoms with Gasteiger partial charge in [-0.3, -0.25) is 9.88 Å². The number of pyridine rings is 1. The van der Waals surface area contributed by atoms with Gasteiger partial charge in [-0.25, -0.2) is 0 Å². The van der Waals surface area contributed by atoms with Crippen LogP contribution in [0.3, 0.4) is 0 Å². The molecule has 12 heteroatoms. The van der Waals surface area contributed by atoms with E-state index in [2.05, 4.69) is 27.4 Å². The van der Waals surface area contributed by atoms with Crippen LogP contribution in [0.25, 0.3) is 10.9 Å². The van der Waals surface area contributed by atoms with Crippen molar-refractivity contribution in [3.63, 3.8) is 0 Å². The fraction of sp³-hybridized carbons (Fsp3) is 0.429. The van der Waals surface area contributed by atoms with Crippen molar-refractivity contribution in [2.24, 2.45) is 5.92 Å². The number of thiocarbonyl (C=S) groups is 1. The first kappa shape index (κ1) is 27.2. The second-order valence-corrected chi connectivity index (χ2v) is 11.1. The quantitative estimate of drug-likeness (QED) is 0.248. The molecule has 8 rings (SSSR count). The van der Waals surface area contributed by atoms with Gasteiger partial charge in [0, 0.05) is 35.5 Å². The molecule has 3 aromatic rings. The fourth-order valence-corrected chi connectivity index (χ4v) is 6.78. The fourth-order valence-electron chi connectivity index (χ4n) is 6.54. The molecule has 0 saturated carbocycles. The van der Waals surface area contributed by atoms with E-state index in [0.29, 0.717) is 23.7 Å². The van der Waals surface area contributed by atoms with Crippen LogP contribution < -0.4 is 10.6 Å². The first-order valence-electron chi connectivity index (χ1n) is 13.0.